The number of carbonyl (C=O) groups excluding carboxylic acids is 2. The van der Waals surface area contributed by atoms with Crippen molar-refractivity contribution in [2.75, 3.05) is 12.4 Å². The molecule has 0 aromatic heterocycles. The topological polar surface area (TPSA) is 81.4 Å². The molecule has 0 heterocycles. The van der Waals surface area contributed by atoms with Crippen molar-refractivity contribution >= 4 is 30.0 Å². The van der Waals surface area contributed by atoms with Crippen LogP contribution in [0.15, 0.2) is 18.2 Å². The van der Waals surface area contributed by atoms with Crippen molar-refractivity contribution < 1.29 is 14.3 Å². The van der Waals surface area contributed by atoms with Gasteiger partial charge in [-0.2, -0.15) is 0 Å². The molecule has 0 spiro atoms. The first-order valence-electron chi connectivity index (χ1n) is 6.75. The molecule has 0 radical (unpaired) electrons. The van der Waals surface area contributed by atoms with Gasteiger partial charge in [0.15, 0.2) is 0 Å². The molecule has 1 aliphatic rings. The Morgan fingerprint density at radius 3 is 2.43 bits per heavy atom. The number of carbonyl (C=O) groups is 2. The van der Waals surface area contributed by atoms with Crippen molar-refractivity contribution in [1.82, 2.24) is 0 Å². The van der Waals surface area contributed by atoms with Gasteiger partial charge in [-0.15, -0.1) is 12.4 Å². The summed E-state index contributed by atoms with van der Waals surface area (Å²) in [4.78, 5) is 23.7. The van der Waals surface area contributed by atoms with Gasteiger partial charge in [-0.25, -0.2) is 4.79 Å². The standard InChI is InChI=1S/C15H20N2O3.ClH/c1-10-9-11(5-6-12(10)13(18)20-2)17-14(19)15(16)7-3-4-8-15;/h5-6,9H,3-4,7-8,16H2,1-2H3,(H,17,19);1H. The fourth-order valence-electron chi connectivity index (χ4n) is 2.57. The number of nitrogens with two attached hydrogens (primary N) is 1. The van der Waals surface area contributed by atoms with Crippen LogP contribution in [0.3, 0.4) is 0 Å². The third-order valence-electron chi connectivity index (χ3n) is 3.84. The zero-order chi connectivity index (χ0) is 14.8. The van der Waals surface area contributed by atoms with Gasteiger partial charge in [0.2, 0.25) is 5.91 Å². The molecule has 116 valence electrons. The molecule has 1 aromatic carbocycles. The minimum absolute atomic E-state index is 0. The number of aryl methyl sites for hydroxylation is 1. The maximum Gasteiger partial charge on any atom is 0.338 e. The van der Waals surface area contributed by atoms with E-state index < -0.39 is 5.54 Å². The van der Waals surface area contributed by atoms with E-state index in [0.29, 0.717) is 11.3 Å². The predicted octanol–water partition coefficient (Wildman–Crippen LogP) is 2.41. The fourth-order valence-corrected chi connectivity index (χ4v) is 2.57. The molecule has 0 saturated heterocycles. The average Bonchev–Trinajstić information content (AvgIpc) is 2.86. The number of rotatable bonds is 3. The zero-order valence-electron chi connectivity index (χ0n) is 12.3. The summed E-state index contributed by atoms with van der Waals surface area (Å²) in [5.74, 6) is -0.535. The summed E-state index contributed by atoms with van der Waals surface area (Å²) >= 11 is 0. The fraction of sp³-hybridized carbons (Fsp3) is 0.467. The maximum atomic E-state index is 12.2. The van der Waals surface area contributed by atoms with Gasteiger partial charge in [0, 0.05) is 5.69 Å². The lowest BCUT2D eigenvalue weighted by molar-refractivity contribution is -0.121. The monoisotopic (exact) mass is 312 g/mol. The Bertz CT molecular complexity index is 540. The largest absolute Gasteiger partial charge is 0.465 e. The third-order valence-corrected chi connectivity index (χ3v) is 3.84. The molecule has 1 fully saturated rings. The summed E-state index contributed by atoms with van der Waals surface area (Å²) in [6.07, 6.45) is 3.42. The lowest BCUT2D eigenvalue weighted by Gasteiger charge is -2.22. The number of benzene rings is 1. The molecular weight excluding hydrogens is 292 g/mol. The van der Waals surface area contributed by atoms with Crippen molar-refractivity contribution in [2.45, 2.75) is 38.1 Å². The molecule has 0 bridgehead atoms. The van der Waals surface area contributed by atoms with Crippen LogP contribution in [0.1, 0.15) is 41.6 Å². The molecule has 0 atom stereocenters. The highest BCUT2D eigenvalue weighted by Crippen LogP contribution is 2.28. The van der Waals surface area contributed by atoms with Crippen LogP contribution in [-0.4, -0.2) is 24.5 Å². The molecule has 0 aliphatic heterocycles. The second-order valence-corrected chi connectivity index (χ2v) is 5.34. The molecule has 21 heavy (non-hydrogen) atoms. The van der Waals surface area contributed by atoms with Crippen molar-refractivity contribution in [3.05, 3.63) is 29.3 Å². The van der Waals surface area contributed by atoms with Crippen molar-refractivity contribution in [2.24, 2.45) is 5.73 Å². The van der Waals surface area contributed by atoms with E-state index in [2.05, 4.69) is 10.1 Å². The number of ether oxygens (including phenoxy) is 1. The second kappa shape index (κ2) is 6.91. The summed E-state index contributed by atoms with van der Waals surface area (Å²) in [5, 5.41) is 2.83. The van der Waals surface area contributed by atoms with Crippen molar-refractivity contribution in [3.8, 4) is 0 Å². The molecule has 6 heteroatoms. The number of hydrogen-bond acceptors (Lipinski definition) is 4. The second-order valence-electron chi connectivity index (χ2n) is 5.34. The summed E-state index contributed by atoms with van der Waals surface area (Å²) in [6.45, 7) is 1.80. The number of esters is 1. The number of halogens is 1. The van der Waals surface area contributed by atoms with Gasteiger partial charge < -0.3 is 15.8 Å². The molecule has 5 nitrogen and oxygen atoms in total. The van der Waals surface area contributed by atoms with Gasteiger partial charge in [-0.1, -0.05) is 12.8 Å². The molecule has 1 aromatic rings. The van der Waals surface area contributed by atoms with E-state index in [1.807, 2.05) is 0 Å². The Hall–Kier alpha value is -1.59. The van der Waals surface area contributed by atoms with Crippen LogP contribution >= 0.6 is 12.4 Å². The normalized spacial score (nSPS) is 16.0. The quantitative estimate of drug-likeness (QED) is 0.840. The number of amides is 1. The van der Waals surface area contributed by atoms with Crippen LogP contribution in [0.25, 0.3) is 0 Å². The van der Waals surface area contributed by atoms with Crippen LogP contribution in [0.5, 0.6) is 0 Å². The molecule has 0 unspecified atom stereocenters. The highest BCUT2D eigenvalue weighted by molar-refractivity contribution is 5.99. The van der Waals surface area contributed by atoms with E-state index >= 15 is 0 Å². The SMILES string of the molecule is COC(=O)c1ccc(NC(=O)C2(N)CCCC2)cc1C.Cl. The average molecular weight is 313 g/mol. The van der Waals surface area contributed by atoms with Gasteiger partial charge in [-0.3, -0.25) is 4.79 Å². The molecule has 1 aliphatic carbocycles. The first-order chi connectivity index (χ1) is 9.46. The van der Waals surface area contributed by atoms with Gasteiger partial charge in [-0.05, 0) is 43.5 Å². The first kappa shape index (κ1) is 17.5. The van der Waals surface area contributed by atoms with E-state index in [9.17, 15) is 9.59 Å². The Morgan fingerprint density at radius 1 is 1.29 bits per heavy atom. The van der Waals surface area contributed by atoms with E-state index in [0.717, 1.165) is 31.2 Å². The molecule has 3 N–H and O–H groups in total. The minimum Gasteiger partial charge on any atom is -0.465 e. The van der Waals surface area contributed by atoms with Gasteiger partial charge in [0.1, 0.15) is 0 Å². The van der Waals surface area contributed by atoms with Crippen LogP contribution in [-0.2, 0) is 9.53 Å². The molecule has 2 rings (SSSR count). The number of anilines is 1. The van der Waals surface area contributed by atoms with Crippen LogP contribution in [0.2, 0.25) is 0 Å². The molecular formula is C15H21ClN2O3. The van der Waals surface area contributed by atoms with Gasteiger partial charge in [0.05, 0.1) is 18.2 Å². The van der Waals surface area contributed by atoms with Crippen LogP contribution < -0.4 is 11.1 Å². The van der Waals surface area contributed by atoms with E-state index in [1.165, 1.54) is 7.11 Å². The van der Waals surface area contributed by atoms with Crippen LogP contribution in [0, 0.1) is 6.92 Å². The van der Waals surface area contributed by atoms with Gasteiger partial charge in [0.25, 0.3) is 0 Å². The number of nitrogens with one attached hydrogen (secondary N) is 1. The lowest BCUT2D eigenvalue weighted by Crippen LogP contribution is -2.48. The lowest BCUT2D eigenvalue weighted by atomic mass is 9.98. The minimum atomic E-state index is -0.755. The van der Waals surface area contributed by atoms with Crippen LogP contribution in [0.4, 0.5) is 5.69 Å². The highest BCUT2D eigenvalue weighted by Gasteiger charge is 2.36. The Balaban J connectivity index is 0.00000220. The van der Waals surface area contributed by atoms with E-state index in [4.69, 9.17) is 5.73 Å². The summed E-state index contributed by atoms with van der Waals surface area (Å²) in [6, 6.07) is 5.09. The van der Waals surface area contributed by atoms with E-state index in [1.54, 1.807) is 25.1 Å². The first-order valence-corrected chi connectivity index (χ1v) is 6.75. The predicted molar refractivity (Wildman–Crippen MR) is 83.8 cm³/mol. The van der Waals surface area contributed by atoms with Crippen molar-refractivity contribution in [1.29, 1.82) is 0 Å². The number of hydrogen-bond donors (Lipinski definition) is 2. The Morgan fingerprint density at radius 2 is 1.90 bits per heavy atom. The highest BCUT2D eigenvalue weighted by atomic mass is 35.5. The third kappa shape index (κ3) is 3.74. The molecule has 1 amide bonds. The zero-order valence-corrected chi connectivity index (χ0v) is 13.1. The molecule has 1 saturated carbocycles. The van der Waals surface area contributed by atoms with E-state index in [-0.39, 0.29) is 24.3 Å². The summed E-state index contributed by atoms with van der Waals surface area (Å²) in [7, 11) is 1.34. The smallest absolute Gasteiger partial charge is 0.338 e. The van der Waals surface area contributed by atoms with Crippen molar-refractivity contribution in [3.63, 3.8) is 0 Å². The summed E-state index contributed by atoms with van der Waals surface area (Å²) < 4.78 is 4.69. The Labute approximate surface area is 130 Å². The number of methoxy groups -OCH3 is 1. The Kier molecular flexibility index (Phi) is 5.75. The summed E-state index contributed by atoms with van der Waals surface area (Å²) in [5.41, 5.74) is 7.25. The maximum absolute atomic E-state index is 12.2. The van der Waals surface area contributed by atoms with Gasteiger partial charge >= 0.3 is 5.97 Å².